The first kappa shape index (κ1) is 20.4. The standard InChI is InChI=1S/C21H24N4O5S/c22-31(27,28)30-9-14-7-13(8-18(14)26)16-10-29-20-19(16)23-11-24-21(20)25-17-6-5-12-3-1-2-4-15(12)17/h1-4,10-11,13-14,17-18,26H,5-9H2,(H2,22,27,28)(H,23,24,25). The normalized spacial score (nSPS) is 25.7. The molecule has 5 rings (SSSR count). The molecule has 0 saturated heterocycles. The summed E-state index contributed by atoms with van der Waals surface area (Å²) in [4.78, 5) is 8.83. The molecule has 2 aromatic heterocycles. The van der Waals surface area contributed by atoms with Crippen molar-refractivity contribution in [1.29, 1.82) is 0 Å². The number of rotatable bonds is 6. The summed E-state index contributed by atoms with van der Waals surface area (Å²) in [7, 11) is -4.04. The first-order valence-corrected chi connectivity index (χ1v) is 11.8. The maximum Gasteiger partial charge on any atom is 0.333 e. The van der Waals surface area contributed by atoms with E-state index in [0.717, 1.165) is 18.4 Å². The molecule has 2 heterocycles. The molecule has 0 aliphatic heterocycles. The minimum absolute atomic E-state index is 0.0275. The average molecular weight is 445 g/mol. The molecule has 0 amide bonds. The Bertz CT molecular complexity index is 1210. The molecule has 1 saturated carbocycles. The van der Waals surface area contributed by atoms with Gasteiger partial charge >= 0.3 is 10.3 Å². The van der Waals surface area contributed by atoms with Gasteiger partial charge in [-0.1, -0.05) is 24.3 Å². The Morgan fingerprint density at radius 1 is 1.23 bits per heavy atom. The van der Waals surface area contributed by atoms with Gasteiger partial charge in [-0.2, -0.15) is 8.42 Å². The lowest BCUT2D eigenvalue weighted by Crippen LogP contribution is -2.24. The Balaban J connectivity index is 1.37. The lowest BCUT2D eigenvalue weighted by atomic mass is 9.98. The van der Waals surface area contributed by atoms with E-state index in [-0.39, 0.29) is 24.5 Å². The average Bonchev–Trinajstić information content (AvgIpc) is 3.43. The summed E-state index contributed by atoms with van der Waals surface area (Å²) in [5, 5.41) is 18.8. The highest BCUT2D eigenvalue weighted by Crippen LogP contribution is 2.43. The Kier molecular flexibility index (Phi) is 5.17. The van der Waals surface area contributed by atoms with Crippen molar-refractivity contribution in [1.82, 2.24) is 9.97 Å². The summed E-state index contributed by atoms with van der Waals surface area (Å²) >= 11 is 0. The molecule has 9 nitrogen and oxygen atoms in total. The van der Waals surface area contributed by atoms with Crippen molar-refractivity contribution < 1.29 is 22.1 Å². The minimum Gasteiger partial charge on any atom is -0.458 e. The fourth-order valence-corrected chi connectivity index (χ4v) is 5.22. The number of nitrogens with zero attached hydrogens (tertiary/aromatic N) is 2. The van der Waals surface area contributed by atoms with Crippen LogP contribution >= 0.6 is 0 Å². The predicted octanol–water partition coefficient (Wildman–Crippen LogP) is 2.40. The molecule has 0 radical (unpaired) electrons. The molecular formula is C21H24N4O5S. The van der Waals surface area contributed by atoms with Gasteiger partial charge in [-0.3, -0.25) is 4.18 Å². The predicted molar refractivity (Wildman–Crippen MR) is 113 cm³/mol. The monoisotopic (exact) mass is 444 g/mol. The molecule has 4 unspecified atom stereocenters. The van der Waals surface area contributed by atoms with Crippen LogP contribution in [0.25, 0.3) is 11.1 Å². The molecular weight excluding hydrogens is 420 g/mol. The summed E-state index contributed by atoms with van der Waals surface area (Å²) in [6, 6.07) is 8.55. The number of hydrogen-bond donors (Lipinski definition) is 3. The van der Waals surface area contributed by atoms with E-state index in [4.69, 9.17) is 9.56 Å². The number of aliphatic hydroxyl groups is 1. The van der Waals surface area contributed by atoms with Crippen molar-refractivity contribution in [3.8, 4) is 0 Å². The van der Waals surface area contributed by atoms with Crippen molar-refractivity contribution in [3.05, 3.63) is 53.5 Å². The van der Waals surface area contributed by atoms with Crippen molar-refractivity contribution >= 4 is 27.2 Å². The second-order valence-electron chi connectivity index (χ2n) is 8.30. The van der Waals surface area contributed by atoms with E-state index in [1.807, 2.05) is 6.07 Å². The molecule has 1 fully saturated rings. The maximum absolute atomic E-state index is 11.1. The molecule has 2 aliphatic carbocycles. The topological polar surface area (TPSA) is 141 Å². The zero-order valence-corrected chi connectivity index (χ0v) is 17.6. The highest BCUT2D eigenvalue weighted by molar-refractivity contribution is 7.84. The number of fused-ring (bicyclic) bond motifs is 2. The second kappa shape index (κ2) is 7.86. The number of benzene rings is 1. The summed E-state index contributed by atoms with van der Waals surface area (Å²) in [5.74, 6) is 0.286. The van der Waals surface area contributed by atoms with Gasteiger partial charge in [0.05, 0.1) is 25.0 Å². The number of nitrogens with one attached hydrogen (secondary N) is 1. The minimum atomic E-state index is -4.04. The van der Waals surface area contributed by atoms with Crippen LogP contribution in [0.2, 0.25) is 0 Å². The molecule has 2 aliphatic rings. The van der Waals surface area contributed by atoms with E-state index in [1.54, 1.807) is 6.26 Å². The molecule has 31 heavy (non-hydrogen) atoms. The number of nitrogens with two attached hydrogens (primary N) is 1. The largest absolute Gasteiger partial charge is 0.458 e. The van der Waals surface area contributed by atoms with E-state index in [2.05, 4.69) is 37.7 Å². The van der Waals surface area contributed by atoms with Crippen molar-refractivity contribution in [2.75, 3.05) is 11.9 Å². The van der Waals surface area contributed by atoms with Crippen molar-refractivity contribution in [3.63, 3.8) is 0 Å². The molecule has 3 aromatic rings. The van der Waals surface area contributed by atoms with Crippen LogP contribution in [0.3, 0.4) is 0 Å². The van der Waals surface area contributed by atoms with Gasteiger partial charge in [-0.15, -0.1) is 0 Å². The number of furan rings is 1. The Morgan fingerprint density at radius 3 is 2.90 bits per heavy atom. The zero-order valence-electron chi connectivity index (χ0n) is 16.8. The smallest absolute Gasteiger partial charge is 0.333 e. The first-order chi connectivity index (χ1) is 14.9. The highest BCUT2D eigenvalue weighted by atomic mass is 32.2. The summed E-state index contributed by atoms with van der Waals surface area (Å²) in [6.45, 7) is -0.144. The number of hydrogen-bond acceptors (Lipinski definition) is 8. The number of aliphatic hydroxyl groups excluding tert-OH is 1. The van der Waals surface area contributed by atoms with Gasteiger partial charge in [0.25, 0.3) is 0 Å². The molecule has 0 spiro atoms. The lowest BCUT2D eigenvalue weighted by Gasteiger charge is -2.14. The number of aryl methyl sites for hydroxylation is 1. The fraction of sp³-hybridized carbons (Fsp3) is 0.429. The van der Waals surface area contributed by atoms with Crippen LogP contribution in [-0.4, -0.2) is 36.2 Å². The maximum atomic E-state index is 11.1. The van der Waals surface area contributed by atoms with E-state index < -0.39 is 16.4 Å². The van der Waals surface area contributed by atoms with Gasteiger partial charge in [0, 0.05) is 11.5 Å². The summed E-state index contributed by atoms with van der Waals surface area (Å²) < 4.78 is 32.7. The lowest BCUT2D eigenvalue weighted by molar-refractivity contribution is 0.101. The van der Waals surface area contributed by atoms with Gasteiger partial charge in [-0.25, -0.2) is 15.1 Å². The highest BCUT2D eigenvalue weighted by Gasteiger charge is 2.37. The fourth-order valence-electron chi connectivity index (χ4n) is 4.85. The number of aromatic nitrogens is 2. The van der Waals surface area contributed by atoms with E-state index in [1.165, 1.54) is 17.5 Å². The summed E-state index contributed by atoms with van der Waals surface area (Å²) in [5.41, 5.74) is 4.79. The van der Waals surface area contributed by atoms with Gasteiger partial charge in [0.1, 0.15) is 11.8 Å². The summed E-state index contributed by atoms with van der Waals surface area (Å²) in [6.07, 6.45) is 5.51. The van der Waals surface area contributed by atoms with E-state index >= 15 is 0 Å². The quantitative estimate of drug-likeness (QED) is 0.526. The number of anilines is 1. The van der Waals surface area contributed by atoms with Crippen LogP contribution in [0.5, 0.6) is 0 Å². The van der Waals surface area contributed by atoms with E-state index in [9.17, 15) is 13.5 Å². The van der Waals surface area contributed by atoms with Gasteiger partial charge in [0.2, 0.25) is 0 Å². The Labute approximate surface area is 179 Å². The molecule has 4 N–H and O–H groups in total. The van der Waals surface area contributed by atoms with Crippen LogP contribution < -0.4 is 10.5 Å². The Morgan fingerprint density at radius 2 is 2.06 bits per heavy atom. The van der Waals surface area contributed by atoms with Crippen molar-refractivity contribution in [2.45, 2.75) is 43.7 Å². The van der Waals surface area contributed by atoms with E-state index in [0.29, 0.717) is 29.8 Å². The van der Waals surface area contributed by atoms with Crippen LogP contribution in [-0.2, 0) is 20.9 Å². The zero-order chi connectivity index (χ0) is 21.6. The third kappa shape index (κ3) is 4.03. The second-order valence-corrected chi connectivity index (χ2v) is 9.52. The van der Waals surface area contributed by atoms with Crippen LogP contribution in [0.4, 0.5) is 5.82 Å². The molecule has 164 valence electrons. The third-order valence-corrected chi connectivity index (χ3v) is 6.83. The molecule has 4 atom stereocenters. The van der Waals surface area contributed by atoms with Crippen LogP contribution in [0.15, 0.2) is 41.3 Å². The third-order valence-electron chi connectivity index (χ3n) is 6.37. The first-order valence-electron chi connectivity index (χ1n) is 10.3. The van der Waals surface area contributed by atoms with Crippen molar-refractivity contribution in [2.24, 2.45) is 11.1 Å². The molecule has 1 aromatic carbocycles. The van der Waals surface area contributed by atoms with Gasteiger partial charge < -0.3 is 14.8 Å². The van der Waals surface area contributed by atoms with Crippen LogP contribution in [0, 0.1) is 5.92 Å². The molecule has 0 bridgehead atoms. The van der Waals surface area contributed by atoms with Gasteiger partial charge in [-0.05, 0) is 42.7 Å². The van der Waals surface area contributed by atoms with Gasteiger partial charge in [0.15, 0.2) is 11.4 Å². The molecule has 10 heteroatoms. The van der Waals surface area contributed by atoms with Crippen LogP contribution in [0.1, 0.15) is 47.9 Å². The SMILES string of the molecule is NS(=O)(=O)OCC1CC(c2coc3c(NC4CCc5ccccc54)ncnc23)CC1O. The Hall–Kier alpha value is -2.53.